The lowest BCUT2D eigenvalue weighted by molar-refractivity contribution is -0.140. The van der Waals surface area contributed by atoms with Gasteiger partial charge in [0.2, 0.25) is 0 Å². The topological polar surface area (TPSA) is 68.2 Å². The number of methoxy groups -OCH3 is 1. The molecule has 3 aliphatic rings. The minimum Gasteiger partial charge on any atom is -0.493 e. The molecule has 2 aromatic carbocycles. The Bertz CT molecular complexity index is 1190. The molecule has 0 aromatic heterocycles. The maximum atomic E-state index is 12.9. The Balaban J connectivity index is 1.39. The summed E-state index contributed by atoms with van der Waals surface area (Å²) in [5, 5.41) is 5.96. The zero-order valence-corrected chi connectivity index (χ0v) is 19.6. The van der Waals surface area contributed by atoms with Crippen LogP contribution >= 0.6 is 11.6 Å². The van der Waals surface area contributed by atoms with Crippen molar-refractivity contribution < 1.29 is 19.1 Å². The first-order chi connectivity index (χ1) is 16.5. The van der Waals surface area contributed by atoms with E-state index in [1.54, 1.807) is 19.3 Å². The van der Waals surface area contributed by atoms with E-state index in [9.17, 15) is 9.59 Å². The molecule has 1 saturated carbocycles. The number of carbonyl (C=O) groups is 2. The van der Waals surface area contributed by atoms with Gasteiger partial charge in [0.1, 0.15) is 6.61 Å². The van der Waals surface area contributed by atoms with Crippen molar-refractivity contribution in [1.82, 2.24) is 5.01 Å². The zero-order chi connectivity index (χ0) is 23.8. The van der Waals surface area contributed by atoms with E-state index >= 15 is 0 Å². The fourth-order valence-corrected chi connectivity index (χ4v) is 5.46. The molecule has 0 radical (unpaired) electrons. The summed E-state index contributed by atoms with van der Waals surface area (Å²) in [4.78, 5) is 25.8. The van der Waals surface area contributed by atoms with E-state index in [2.05, 4.69) is 23.8 Å². The molecule has 1 heterocycles. The molecule has 0 spiro atoms. The van der Waals surface area contributed by atoms with Crippen molar-refractivity contribution >= 4 is 29.6 Å². The minimum atomic E-state index is -0.272. The summed E-state index contributed by atoms with van der Waals surface area (Å²) < 4.78 is 11.7. The fourth-order valence-electron chi connectivity index (χ4n) is 5.27. The van der Waals surface area contributed by atoms with Gasteiger partial charge in [0.25, 0.3) is 11.8 Å². The molecular weight excluding hydrogens is 452 g/mol. The summed E-state index contributed by atoms with van der Waals surface area (Å²) in [7, 11) is 1.56. The minimum absolute atomic E-state index is 0.153. The van der Waals surface area contributed by atoms with Crippen molar-refractivity contribution in [2.45, 2.75) is 19.4 Å². The highest BCUT2D eigenvalue weighted by Gasteiger charge is 2.59. The maximum Gasteiger partial charge on any atom is 0.254 e. The molecule has 174 valence electrons. The SMILES string of the molecule is C=CCc1cc(C=NN2C(=O)[C@@H]3[C@H](C2=O)[C@H]2C=C[C@H]3C2)cc(OC)c1OCc1ccccc1Cl. The third-order valence-electron chi connectivity index (χ3n) is 6.84. The van der Waals surface area contributed by atoms with Crippen LogP contribution in [0.2, 0.25) is 5.02 Å². The number of rotatable bonds is 8. The smallest absolute Gasteiger partial charge is 0.254 e. The van der Waals surface area contributed by atoms with Crippen LogP contribution < -0.4 is 9.47 Å². The number of hydrogen-bond acceptors (Lipinski definition) is 5. The number of allylic oxidation sites excluding steroid dienone is 3. The third kappa shape index (κ3) is 3.82. The lowest BCUT2D eigenvalue weighted by atomic mass is 9.85. The number of imide groups is 1. The van der Waals surface area contributed by atoms with Crippen LogP contribution in [0.25, 0.3) is 0 Å². The van der Waals surface area contributed by atoms with Crippen LogP contribution in [0.1, 0.15) is 23.1 Å². The number of halogens is 1. The standard InChI is InChI=1S/C27H25ClN2O4/c1-3-6-19-11-16(12-22(33-2)25(19)34-15-20-7-4-5-8-21(20)28)14-29-30-26(31)23-17-9-10-18(13-17)24(23)27(30)32/h3-5,7-12,14,17-18,23-24H,1,6,13,15H2,2H3/t17-,18-,23-,24+/m0/s1. The third-order valence-corrected chi connectivity index (χ3v) is 7.21. The number of ether oxygens (including phenoxy) is 2. The normalized spacial score (nSPS) is 24.8. The first kappa shape index (κ1) is 22.4. The number of hydrogen-bond donors (Lipinski definition) is 0. The second-order valence-electron chi connectivity index (χ2n) is 8.82. The highest BCUT2D eigenvalue weighted by Crippen LogP contribution is 2.52. The highest BCUT2D eigenvalue weighted by molar-refractivity contribution is 6.31. The number of nitrogens with zero attached hydrogens (tertiary/aromatic N) is 2. The van der Waals surface area contributed by atoms with Crippen LogP contribution in [0.4, 0.5) is 0 Å². The quantitative estimate of drug-likeness (QED) is 0.312. The van der Waals surface area contributed by atoms with Gasteiger partial charge in [-0.25, -0.2) is 0 Å². The zero-order valence-electron chi connectivity index (χ0n) is 18.8. The van der Waals surface area contributed by atoms with Gasteiger partial charge >= 0.3 is 0 Å². The Morgan fingerprint density at radius 2 is 1.82 bits per heavy atom. The van der Waals surface area contributed by atoms with Crippen molar-refractivity contribution in [2.75, 3.05) is 7.11 Å². The monoisotopic (exact) mass is 476 g/mol. The number of carbonyl (C=O) groups excluding carboxylic acids is 2. The first-order valence-electron chi connectivity index (χ1n) is 11.3. The highest BCUT2D eigenvalue weighted by atomic mass is 35.5. The summed E-state index contributed by atoms with van der Waals surface area (Å²) in [6.45, 7) is 4.12. The van der Waals surface area contributed by atoms with Crippen LogP contribution in [0.5, 0.6) is 11.5 Å². The second-order valence-corrected chi connectivity index (χ2v) is 9.22. The van der Waals surface area contributed by atoms with Crippen LogP contribution in [0.3, 0.4) is 0 Å². The van der Waals surface area contributed by atoms with Gasteiger partial charge in [0, 0.05) is 16.1 Å². The number of amides is 2. The molecule has 2 amide bonds. The average Bonchev–Trinajstić information content (AvgIpc) is 3.52. The largest absolute Gasteiger partial charge is 0.493 e. The van der Waals surface area contributed by atoms with Crippen LogP contribution in [-0.2, 0) is 22.6 Å². The van der Waals surface area contributed by atoms with Crippen molar-refractivity contribution in [3.8, 4) is 11.5 Å². The summed E-state index contributed by atoms with van der Waals surface area (Å²) in [6, 6.07) is 11.2. The maximum absolute atomic E-state index is 12.9. The van der Waals surface area contributed by atoms with Gasteiger partial charge in [0.05, 0.1) is 25.2 Å². The van der Waals surface area contributed by atoms with Crippen molar-refractivity contribution in [3.05, 3.63) is 82.9 Å². The molecule has 2 fully saturated rings. The summed E-state index contributed by atoms with van der Waals surface area (Å²) >= 11 is 6.27. The van der Waals surface area contributed by atoms with E-state index in [1.165, 1.54) is 6.21 Å². The number of benzene rings is 2. The molecule has 34 heavy (non-hydrogen) atoms. The van der Waals surface area contributed by atoms with Gasteiger partial charge in [-0.05, 0) is 48.4 Å². The van der Waals surface area contributed by atoms with Gasteiger partial charge in [-0.15, -0.1) is 6.58 Å². The molecule has 1 aliphatic heterocycles. The van der Waals surface area contributed by atoms with E-state index in [1.807, 2.05) is 30.3 Å². The van der Waals surface area contributed by atoms with Gasteiger partial charge in [-0.2, -0.15) is 10.1 Å². The second kappa shape index (κ2) is 9.11. The summed E-state index contributed by atoms with van der Waals surface area (Å²) in [6.07, 6.45) is 8.86. The Labute approximate surface area is 203 Å². The Morgan fingerprint density at radius 3 is 2.47 bits per heavy atom. The van der Waals surface area contributed by atoms with Gasteiger partial charge in [-0.3, -0.25) is 9.59 Å². The van der Waals surface area contributed by atoms with Gasteiger partial charge in [-0.1, -0.05) is 48.0 Å². The van der Waals surface area contributed by atoms with Crippen LogP contribution in [0, 0.1) is 23.7 Å². The molecule has 6 nitrogen and oxygen atoms in total. The molecule has 2 aromatic rings. The summed E-state index contributed by atoms with van der Waals surface area (Å²) in [5.41, 5.74) is 2.40. The molecular formula is C27H25ClN2O4. The van der Waals surface area contributed by atoms with E-state index in [0.717, 1.165) is 22.6 Å². The van der Waals surface area contributed by atoms with Crippen molar-refractivity contribution in [3.63, 3.8) is 0 Å². The molecule has 0 N–H and O–H groups in total. The van der Waals surface area contributed by atoms with Crippen molar-refractivity contribution in [1.29, 1.82) is 0 Å². The van der Waals surface area contributed by atoms with Gasteiger partial charge < -0.3 is 9.47 Å². The lowest BCUT2D eigenvalue weighted by Gasteiger charge is -2.16. The Hall–Kier alpha value is -3.38. The molecule has 4 atom stereocenters. The lowest BCUT2D eigenvalue weighted by Crippen LogP contribution is -2.28. The van der Waals surface area contributed by atoms with Crippen LogP contribution in [0.15, 0.2) is 66.3 Å². The van der Waals surface area contributed by atoms with Crippen LogP contribution in [-0.4, -0.2) is 30.1 Å². The number of hydrazone groups is 1. The van der Waals surface area contributed by atoms with E-state index in [4.69, 9.17) is 21.1 Å². The number of fused-ring (bicyclic) bond motifs is 5. The molecule has 2 bridgehead atoms. The predicted octanol–water partition coefficient (Wildman–Crippen LogP) is 4.80. The Morgan fingerprint density at radius 1 is 1.12 bits per heavy atom. The predicted molar refractivity (Wildman–Crippen MR) is 130 cm³/mol. The Kier molecular flexibility index (Phi) is 6.00. The molecule has 5 rings (SSSR count). The van der Waals surface area contributed by atoms with E-state index < -0.39 is 0 Å². The fraction of sp³-hybridized carbons (Fsp3) is 0.296. The van der Waals surface area contributed by atoms with E-state index in [0.29, 0.717) is 28.5 Å². The average molecular weight is 477 g/mol. The molecule has 7 heteroatoms. The molecule has 1 saturated heterocycles. The first-order valence-corrected chi connectivity index (χ1v) is 11.7. The van der Waals surface area contributed by atoms with Crippen molar-refractivity contribution in [2.24, 2.45) is 28.8 Å². The molecule has 2 aliphatic carbocycles. The summed E-state index contributed by atoms with van der Waals surface area (Å²) in [5.74, 6) is 0.455. The van der Waals surface area contributed by atoms with E-state index in [-0.39, 0.29) is 42.1 Å². The molecule has 0 unspecified atom stereocenters. The van der Waals surface area contributed by atoms with Gasteiger partial charge in [0.15, 0.2) is 11.5 Å².